The topological polar surface area (TPSA) is 47.7 Å². The maximum atomic E-state index is 6.60. The summed E-state index contributed by atoms with van der Waals surface area (Å²) in [5.41, 5.74) is 8.97. The fourth-order valence-electron chi connectivity index (χ4n) is 4.42. The van der Waals surface area contributed by atoms with Crippen LogP contribution in [0.25, 0.3) is 0 Å². The van der Waals surface area contributed by atoms with E-state index in [1.165, 1.54) is 11.1 Å². The zero-order valence-corrected chi connectivity index (χ0v) is 17.3. The van der Waals surface area contributed by atoms with Gasteiger partial charge in [0, 0.05) is 18.7 Å². The molecule has 1 aliphatic heterocycles. The van der Waals surface area contributed by atoms with E-state index < -0.39 is 0 Å². The van der Waals surface area contributed by atoms with Crippen molar-refractivity contribution in [3.05, 3.63) is 58.1 Å². The summed E-state index contributed by atoms with van der Waals surface area (Å²) in [6, 6.07) is 15.2. The smallest absolute Gasteiger partial charge is 0.139 e. The highest BCUT2D eigenvalue weighted by Gasteiger charge is 2.36. The number of halogens is 1. The SMILES string of the molecule is COc1cc(OC2c3ccccc3CCC2N2CCC[C@H](N)C2)ccc1Br. The first-order valence-corrected chi connectivity index (χ1v) is 10.5. The minimum absolute atomic E-state index is 0.00568. The molecule has 0 aromatic heterocycles. The largest absolute Gasteiger partial charge is 0.495 e. The number of nitrogens with zero attached hydrogens (tertiary/aromatic N) is 1. The van der Waals surface area contributed by atoms with E-state index in [4.69, 9.17) is 15.2 Å². The monoisotopic (exact) mass is 430 g/mol. The van der Waals surface area contributed by atoms with Gasteiger partial charge in [-0.1, -0.05) is 24.3 Å². The van der Waals surface area contributed by atoms with Crippen LogP contribution >= 0.6 is 15.9 Å². The lowest BCUT2D eigenvalue weighted by Crippen LogP contribution is -2.51. The van der Waals surface area contributed by atoms with E-state index in [0.717, 1.165) is 54.7 Å². The normalized spacial score (nSPS) is 25.7. The van der Waals surface area contributed by atoms with Gasteiger partial charge in [-0.3, -0.25) is 4.90 Å². The molecular formula is C22H27BrN2O2. The predicted molar refractivity (Wildman–Crippen MR) is 111 cm³/mol. The van der Waals surface area contributed by atoms with E-state index in [1.54, 1.807) is 7.11 Å². The molecular weight excluding hydrogens is 404 g/mol. The number of likely N-dealkylation sites (tertiary alicyclic amines) is 1. The molecule has 0 amide bonds. The summed E-state index contributed by atoms with van der Waals surface area (Å²) >= 11 is 3.52. The van der Waals surface area contributed by atoms with Crippen LogP contribution in [0.2, 0.25) is 0 Å². The summed E-state index contributed by atoms with van der Waals surface area (Å²) in [7, 11) is 1.68. The Labute approximate surface area is 169 Å². The van der Waals surface area contributed by atoms with E-state index in [2.05, 4.69) is 45.1 Å². The standard InChI is InChI=1S/C22H27BrN2O2/c1-26-21-13-17(9-10-19(21)23)27-22-18-7-3-2-5-15(18)8-11-20(22)25-12-4-6-16(24)14-25/h2-3,5,7,9-10,13,16,20,22H,4,6,8,11-12,14,24H2,1H3/t16-,20?,22?/m0/s1. The Bertz CT molecular complexity index is 798. The molecule has 1 heterocycles. The lowest BCUT2D eigenvalue weighted by molar-refractivity contribution is 0.0366. The highest BCUT2D eigenvalue weighted by molar-refractivity contribution is 9.10. The number of fused-ring (bicyclic) bond motifs is 1. The number of hydrogen-bond acceptors (Lipinski definition) is 4. The van der Waals surface area contributed by atoms with Crippen LogP contribution in [0.3, 0.4) is 0 Å². The predicted octanol–water partition coefficient (Wildman–Crippen LogP) is 4.32. The number of nitrogens with two attached hydrogens (primary N) is 1. The summed E-state index contributed by atoms with van der Waals surface area (Å²) in [6.45, 7) is 2.06. The van der Waals surface area contributed by atoms with Crippen LogP contribution in [0.5, 0.6) is 11.5 Å². The summed E-state index contributed by atoms with van der Waals surface area (Å²) < 4.78 is 13.0. The van der Waals surface area contributed by atoms with E-state index in [1.807, 2.05) is 18.2 Å². The number of methoxy groups -OCH3 is 1. The van der Waals surface area contributed by atoms with Crippen LogP contribution in [0.4, 0.5) is 0 Å². The minimum Gasteiger partial charge on any atom is -0.495 e. The second-order valence-electron chi connectivity index (χ2n) is 7.54. The Balaban J connectivity index is 1.66. The van der Waals surface area contributed by atoms with Crippen molar-refractivity contribution in [3.63, 3.8) is 0 Å². The van der Waals surface area contributed by atoms with Crippen molar-refractivity contribution in [2.75, 3.05) is 20.2 Å². The van der Waals surface area contributed by atoms with Gasteiger partial charge >= 0.3 is 0 Å². The first-order chi connectivity index (χ1) is 13.2. The lowest BCUT2D eigenvalue weighted by atomic mass is 9.84. The minimum atomic E-state index is 0.00568. The second kappa shape index (κ2) is 8.21. The average molecular weight is 431 g/mol. The number of rotatable bonds is 4. The molecule has 1 fully saturated rings. The van der Waals surface area contributed by atoms with E-state index in [9.17, 15) is 0 Å². The highest BCUT2D eigenvalue weighted by atomic mass is 79.9. The molecule has 2 aromatic rings. The van der Waals surface area contributed by atoms with Gasteiger partial charge in [-0.15, -0.1) is 0 Å². The van der Waals surface area contributed by atoms with Crippen LogP contribution < -0.4 is 15.2 Å². The molecule has 2 aromatic carbocycles. The molecule has 1 aliphatic carbocycles. The maximum absolute atomic E-state index is 6.60. The Morgan fingerprint density at radius 1 is 1.15 bits per heavy atom. The van der Waals surface area contributed by atoms with E-state index in [-0.39, 0.29) is 12.1 Å². The molecule has 3 atom stereocenters. The van der Waals surface area contributed by atoms with Gasteiger partial charge in [-0.2, -0.15) is 0 Å². The van der Waals surface area contributed by atoms with Crippen molar-refractivity contribution < 1.29 is 9.47 Å². The Kier molecular flexibility index (Phi) is 5.71. The molecule has 144 valence electrons. The highest BCUT2D eigenvalue weighted by Crippen LogP contribution is 2.39. The zero-order valence-electron chi connectivity index (χ0n) is 15.7. The summed E-state index contributed by atoms with van der Waals surface area (Å²) in [5.74, 6) is 1.62. The molecule has 0 bridgehead atoms. The number of aryl methyl sites for hydroxylation is 1. The van der Waals surface area contributed by atoms with Crippen LogP contribution in [-0.2, 0) is 6.42 Å². The van der Waals surface area contributed by atoms with Gasteiger partial charge in [0.1, 0.15) is 17.6 Å². The quantitative estimate of drug-likeness (QED) is 0.784. The van der Waals surface area contributed by atoms with Gasteiger partial charge in [0.15, 0.2) is 0 Å². The molecule has 0 saturated carbocycles. The van der Waals surface area contributed by atoms with Gasteiger partial charge in [0.05, 0.1) is 17.6 Å². The summed E-state index contributed by atoms with van der Waals surface area (Å²) in [4.78, 5) is 2.55. The van der Waals surface area contributed by atoms with Crippen molar-refractivity contribution in [2.24, 2.45) is 5.73 Å². The van der Waals surface area contributed by atoms with Gasteiger partial charge < -0.3 is 15.2 Å². The third-order valence-electron chi connectivity index (χ3n) is 5.76. The third-order valence-corrected chi connectivity index (χ3v) is 6.42. The Morgan fingerprint density at radius 3 is 2.81 bits per heavy atom. The Morgan fingerprint density at radius 2 is 2.00 bits per heavy atom. The second-order valence-corrected chi connectivity index (χ2v) is 8.39. The van der Waals surface area contributed by atoms with Crippen molar-refractivity contribution in [1.29, 1.82) is 0 Å². The molecule has 1 saturated heterocycles. The third kappa shape index (κ3) is 4.00. The van der Waals surface area contributed by atoms with Gasteiger partial charge in [0.2, 0.25) is 0 Å². The number of benzene rings is 2. The maximum Gasteiger partial charge on any atom is 0.139 e. The molecule has 0 spiro atoms. The van der Waals surface area contributed by atoms with Crippen molar-refractivity contribution in [1.82, 2.24) is 4.90 Å². The molecule has 2 N–H and O–H groups in total. The van der Waals surface area contributed by atoms with Crippen molar-refractivity contribution >= 4 is 15.9 Å². The van der Waals surface area contributed by atoms with Crippen LogP contribution in [0.1, 0.15) is 36.5 Å². The Hall–Kier alpha value is -1.56. The number of piperidine rings is 1. The molecule has 2 aliphatic rings. The van der Waals surface area contributed by atoms with E-state index in [0.29, 0.717) is 6.04 Å². The van der Waals surface area contributed by atoms with Crippen molar-refractivity contribution in [2.45, 2.75) is 43.9 Å². The average Bonchev–Trinajstić information content (AvgIpc) is 2.69. The molecule has 2 unspecified atom stereocenters. The molecule has 5 heteroatoms. The van der Waals surface area contributed by atoms with Crippen LogP contribution in [-0.4, -0.2) is 37.2 Å². The van der Waals surface area contributed by atoms with Crippen LogP contribution in [0.15, 0.2) is 46.9 Å². The molecule has 4 rings (SSSR count). The molecule has 4 nitrogen and oxygen atoms in total. The number of ether oxygens (including phenoxy) is 2. The fourth-order valence-corrected chi connectivity index (χ4v) is 4.83. The van der Waals surface area contributed by atoms with Gasteiger partial charge in [-0.05, 0) is 71.4 Å². The van der Waals surface area contributed by atoms with Gasteiger partial charge in [0.25, 0.3) is 0 Å². The first kappa shape index (κ1) is 18.8. The van der Waals surface area contributed by atoms with Gasteiger partial charge in [-0.25, -0.2) is 0 Å². The van der Waals surface area contributed by atoms with Crippen molar-refractivity contribution in [3.8, 4) is 11.5 Å². The summed E-state index contributed by atoms with van der Waals surface area (Å²) in [6.07, 6.45) is 4.48. The summed E-state index contributed by atoms with van der Waals surface area (Å²) in [5, 5.41) is 0. The fraction of sp³-hybridized carbons (Fsp3) is 0.455. The van der Waals surface area contributed by atoms with Crippen LogP contribution in [0, 0.1) is 0 Å². The molecule has 27 heavy (non-hydrogen) atoms. The van der Waals surface area contributed by atoms with E-state index >= 15 is 0 Å². The molecule has 0 radical (unpaired) electrons. The number of hydrogen-bond donors (Lipinski definition) is 1. The zero-order chi connectivity index (χ0) is 18.8. The first-order valence-electron chi connectivity index (χ1n) is 9.73. The lowest BCUT2D eigenvalue weighted by Gasteiger charge is -2.43.